The van der Waals surface area contributed by atoms with Crippen molar-refractivity contribution in [2.24, 2.45) is 5.92 Å². The fourth-order valence-electron chi connectivity index (χ4n) is 6.03. The van der Waals surface area contributed by atoms with Gasteiger partial charge < -0.3 is 20.6 Å². The number of aromatic nitrogens is 7. The summed E-state index contributed by atoms with van der Waals surface area (Å²) >= 11 is 0. The second-order valence-electron chi connectivity index (χ2n) is 12.5. The second-order valence-corrected chi connectivity index (χ2v) is 14.6. The summed E-state index contributed by atoms with van der Waals surface area (Å²) < 4.78 is 53.5. The average Bonchev–Trinajstić information content (AvgIpc) is 3.82. The number of hydrogen-bond acceptors (Lipinski definition) is 12. The standard InChI is InChI=1S/C31H36F2N10O3S/c32-31(33)10-13-42(14-11-31)29-8-7-25(40-41-29)24-17-35-28(15-26(24)37-22-3-1-20(19-44)2-4-22)38-27-9-12-34-30(39-27)21-16-36-43(18-21)47(45,46)23-5-6-23/h7-9,12,15-18,20,22-23,44H,1-6,10-11,13-14,19H2,(H2,34,35,37,38,39). The zero-order chi connectivity index (χ0) is 32.6. The molecule has 0 radical (unpaired) electrons. The Morgan fingerprint density at radius 3 is 2.45 bits per heavy atom. The lowest BCUT2D eigenvalue weighted by Gasteiger charge is -2.32. The molecule has 0 atom stereocenters. The Labute approximate surface area is 270 Å². The largest absolute Gasteiger partial charge is 0.396 e. The molecule has 2 saturated carbocycles. The molecule has 0 bridgehead atoms. The molecule has 3 N–H and O–H groups in total. The first-order valence-corrected chi connectivity index (χ1v) is 17.4. The van der Waals surface area contributed by atoms with Gasteiger partial charge in [-0.2, -0.15) is 9.19 Å². The van der Waals surface area contributed by atoms with Crippen molar-refractivity contribution in [2.75, 3.05) is 35.2 Å². The summed E-state index contributed by atoms with van der Waals surface area (Å²) in [6, 6.07) is 7.37. The molecule has 47 heavy (non-hydrogen) atoms. The lowest BCUT2D eigenvalue weighted by molar-refractivity contribution is -0.0221. The molecule has 7 rings (SSSR count). The molecule has 0 amide bonds. The lowest BCUT2D eigenvalue weighted by atomic mass is 9.86. The van der Waals surface area contributed by atoms with E-state index in [1.54, 1.807) is 24.5 Å². The molecule has 4 aromatic rings. The number of anilines is 4. The average molecular weight is 667 g/mol. The van der Waals surface area contributed by atoms with Crippen LogP contribution in [0.1, 0.15) is 51.4 Å². The van der Waals surface area contributed by atoms with Gasteiger partial charge in [-0.25, -0.2) is 32.2 Å². The molecule has 1 aliphatic heterocycles. The monoisotopic (exact) mass is 666 g/mol. The first-order valence-electron chi connectivity index (χ1n) is 15.9. The van der Waals surface area contributed by atoms with Crippen LogP contribution in [0.3, 0.4) is 0 Å². The molecule has 3 fully saturated rings. The van der Waals surface area contributed by atoms with Gasteiger partial charge in [0.2, 0.25) is 0 Å². The van der Waals surface area contributed by atoms with Gasteiger partial charge in [0, 0.05) is 68.3 Å². The maximum absolute atomic E-state index is 13.7. The fraction of sp³-hybridized carbons (Fsp3) is 0.484. The number of hydrogen-bond donors (Lipinski definition) is 3. The maximum Gasteiger partial charge on any atom is 0.256 e. The number of piperidine rings is 1. The Hall–Kier alpha value is -4.31. The van der Waals surface area contributed by atoms with E-state index >= 15 is 0 Å². The van der Waals surface area contributed by atoms with Crippen molar-refractivity contribution in [3.63, 3.8) is 0 Å². The minimum Gasteiger partial charge on any atom is -0.396 e. The zero-order valence-corrected chi connectivity index (χ0v) is 26.5. The summed E-state index contributed by atoms with van der Waals surface area (Å²) in [4.78, 5) is 15.3. The molecular weight excluding hydrogens is 630 g/mol. The Morgan fingerprint density at radius 2 is 1.74 bits per heavy atom. The zero-order valence-electron chi connectivity index (χ0n) is 25.6. The summed E-state index contributed by atoms with van der Waals surface area (Å²) in [5.74, 6) is -0.492. The van der Waals surface area contributed by atoms with Crippen LogP contribution in [0, 0.1) is 5.92 Å². The Balaban J connectivity index is 1.12. The Kier molecular flexibility index (Phi) is 8.46. The molecule has 16 heteroatoms. The topological polar surface area (TPSA) is 164 Å². The van der Waals surface area contributed by atoms with E-state index < -0.39 is 15.9 Å². The molecule has 3 aliphatic rings. The normalized spacial score (nSPS) is 21.4. The van der Waals surface area contributed by atoms with E-state index in [0.717, 1.165) is 41.0 Å². The number of alkyl halides is 2. The SMILES string of the molecule is O=S(=O)(C1CC1)n1cc(-c2nccc(Nc3cc(NC4CCC(CO)CC4)c(-c4ccc(N5CCC(F)(F)CC5)nn4)cn3)n2)cn1. The van der Waals surface area contributed by atoms with Crippen LogP contribution in [0.15, 0.2) is 49.1 Å². The highest BCUT2D eigenvalue weighted by atomic mass is 32.2. The molecule has 1 saturated heterocycles. The van der Waals surface area contributed by atoms with Crippen molar-refractivity contribution in [3.05, 3.63) is 49.1 Å². The third kappa shape index (κ3) is 7.02. The highest BCUT2D eigenvalue weighted by Gasteiger charge is 2.38. The van der Waals surface area contributed by atoms with Crippen LogP contribution in [-0.2, 0) is 10.0 Å². The van der Waals surface area contributed by atoms with E-state index in [-0.39, 0.29) is 43.8 Å². The lowest BCUT2D eigenvalue weighted by Crippen LogP contribution is -2.39. The number of pyridine rings is 1. The van der Waals surface area contributed by atoms with Crippen molar-refractivity contribution in [2.45, 2.75) is 68.6 Å². The van der Waals surface area contributed by atoms with Gasteiger partial charge >= 0.3 is 0 Å². The predicted molar refractivity (Wildman–Crippen MR) is 172 cm³/mol. The van der Waals surface area contributed by atoms with Gasteiger partial charge in [0.25, 0.3) is 15.9 Å². The summed E-state index contributed by atoms with van der Waals surface area (Å²) in [7, 11) is -3.51. The molecule has 0 unspecified atom stereocenters. The first-order chi connectivity index (χ1) is 22.7. The number of nitrogens with one attached hydrogen (secondary N) is 2. The van der Waals surface area contributed by atoms with Gasteiger partial charge in [0.15, 0.2) is 11.6 Å². The quantitative estimate of drug-likeness (QED) is 0.218. The van der Waals surface area contributed by atoms with E-state index in [0.29, 0.717) is 53.3 Å². The smallest absolute Gasteiger partial charge is 0.256 e. The van der Waals surface area contributed by atoms with Crippen molar-refractivity contribution >= 4 is 33.2 Å². The maximum atomic E-state index is 13.7. The van der Waals surface area contributed by atoms with E-state index in [1.165, 1.54) is 12.4 Å². The van der Waals surface area contributed by atoms with Crippen molar-refractivity contribution in [1.82, 2.24) is 34.3 Å². The number of aliphatic hydroxyl groups is 1. The van der Waals surface area contributed by atoms with E-state index in [4.69, 9.17) is 0 Å². The van der Waals surface area contributed by atoms with Crippen LogP contribution in [0.25, 0.3) is 22.6 Å². The minimum absolute atomic E-state index is 0.183. The van der Waals surface area contributed by atoms with Crippen molar-refractivity contribution in [1.29, 1.82) is 0 Å². The molecule has 4 aromatic heterocycles. The van der Waals surface area contributed by atoms with Gasteiger partial charge in [0.05, 0.1) is 28.9 Å². The van der Waals surface area contributed by atoms with Crippen molar-refractivity contribution < 1.29 is 22.3 Å². The Morgan fingerprint density at radius 1 is 0.957 bits per heavy atom. The highest BCUT2D eigenvalue weighted by molar-refractivity contribution is 7.90. The molecule has 2 aliphatic carbocycles. The third-order valence-corrected chi connectivity index (χ3v) is 11.1. The van der Waals surface area contributed by atoms with Crippen molar-refractivity contribution in [3.8, 4) is 22.6 Å². The molecular formula is C31H36F2N10O3S. The molecule has 0 spiro atoms. The van der Waals surface area contributed by atoms with Crippen LogP contribution in [0.2, 0.25) is 0 Å². The van der Waals surface area contributed by atoms with Gasteiger partial charge in [0.1, 0.15) is 11.6 Å². The number of aliphatic hydroxyl groups excluding tert-OH is 1. The third-order valence-electron chi connectivity index (χ3n) is 9.05. The van der Waals surface area contributed by atoms with Gasteiger partial charge in [-0.05, 0) is 62.6 Å². The van der Waals surface area contributed by atoms with Gasteiger partial charge in [-0.3, -0.25) is 0 Å². The summed E-state index contributed by atoms with van der Waals surface area (Å²) in [5, 5.41) is 28.9. The summed E-state index contributed by atoms with van der Waals surface area (Å²) in [6.07, 6.45) is 10.7. The van der Waals surface area contributed by atoms with Crippen LogP contribution in [0.5, 0.6) is 0 Å². The molecule has 13 nitrogen and oxygen atoms in total. The minimum atomic E-state index is -3.51. The number of nitrogens with zero attached hydrogens (tertiary/aromatic N) is 8. The Bertz CT molecular complexity index is 1820. The predicted octanol–water partition coefficient (Wildman–Crippen LogP) is 4.47. The van der Waals surface area contributed by atoms with Gasteiger partial charge in [-0.15, -0.1) is 10.2 Å². The van der Waals surface area contributed by atoms with E-state index in [1.807, 2.05) is 17.0 Å². The molecule has 0 aromatic carbocycles. The molecule has 248 valence electrons. The van der Waals surface area contributed by atoms with E-state index in [2.05, 4.69) is 40.9 Å². The summed E-state index contributed by atoms with van der Waals surface area (Å²) in [5.41, 5.74) is 2.58. The molecule has 5 heterocycles. The van der Waals surface area contributed by atoms with Crippen LogP contribution >= 0.6 is 0 Å². The highest BCUT2D eigenvalue weighted by Crippen LogP contribution is 2.35. The number of rotatable bonds is 10. The number of halogens is 2. The van der Waals surface area contributed by atoms with Crippen LogP contribution in [-0.4, -0.2) is 84.8 Å². The van der Waals surface area contributed by atoms with Crippen LogP contribution in [0.4, 0.5) is 31.9 Å². The fourth-order valence-corrected chi connectivity index (χ4v) is 7.51. The summed E-state index contributed by atoms with van der Waals surface area (Å²) in [6.45, 7) is 0.633. The second kappa shape index (κ2) is 12.7. The van der Waals surface area contributed by atoms with Crippen LogP contribution < -0.4 is 15.5 Å². The van der Waals surface area contributed by atoms with E-state index in [9.17, 15) is 22.3 Å². The van der Waals surface area contributed by atoms with Gasteiger partial charge in [-0.1, -0.05) is 0 Å². The first kappa shape index (κ1) is 31.3.